The van der Waals surface area contributed by atoms with Crippen LogP contribution in [0.15, 0.2) is 72.9 Å². The molecule has 0 bridgehead atoms. The highest BCUT2D eigenvalue weighted by atomic mass is 32.1. The summed E-state index contributed by atoms with van der Waals surface area (Å²) in [5.74, 6) is 0.300. The lowest BCUT2D eigenvalue weighted by atomic mass is 9.95. The van der Waals surface area contributed by atoms with Gasteiger partial charge in [0.25, 0.3) is 0 Å². The lowest BCUT2D eigenvalue weighted by Gasteiger charge is -2.29. The first-order valence-corrected chi connectivity index (χ1v) is 14.5. The van der Waals surface area contributed by atoms with E-state index in [1.165, 1.54) is 13.2 Å². The Morgan fingerprint density at radius 1 is 1.00 bits per heavy atom. The van der Waals surface area contributed by atoms with E-state index in [1.54, 1.807) is 18.3 Å². The molecule has 1 fully saturated rings. The van der Waals surface area contributed by atoms with Gasteiger partial charge in [0, 0.05) is 40.4 Å². The highest BCUT2D eigenvalue weighted by molar-refractivity contribution is 7.80. The van der Waals surface area contributed by atoms with E-state index in [-0.39, 0.29) is 11.9 Å². The molecule has 7 nitrogen and oxygen atoms in total. The molecule has 2 N–H and O–H groups in total. The van der Waals surface area contributed by atoms with Crippen LogP contribution in [-0.4, -0.2) is 27.7 Å². The second-order valence-corrected chi connectivity index (χ2v) is 12.2. The maximum absolute atomic E-state index is 13.6. The Kier molecular flexibility index (Phi) is 8.19. The third kappa shape index (κ3) is 5.88. The number of hydrogen-bond acceptors (Lipinski definition) is 4. The molecule has 2 unspecified atom stereocenters. The highest BCUT2D eigenvalue weighted by Gasteiger charge is 2.42. The molecule has 2 aromatic carbocycles. The van der Waals surface area contributed by atoms with Crippen LogP contribution in [0.4, 0.5) is 24.5 Å². The summed E-state index contributed by atoms with van der Waals surface area (Å²) in [4.78, 5) is 19.3. The van der Waals surface area contributed by atoms with Crippen LogP contribution < -0.4 is 20.3 Å². The molecule has 1 aliphatic rings. The number of ether oxygens (including phenoxy) is 1. The van der Waals surface area contributed by atoms with Gasteiger partial charge in [-0.15, -0.1) is 0 Å². The van der Waals surface area contributed by atoms with Crippen molar-refractivity contribution in [1.29, 1.82) is 0 Å². The minimum atomic E-state index is -4.46. The number of anilines is 2. The predicted molar refractivity (Wildman–Crippen MR) is 169 cm³/mol. The van der Waals surface area contributed by atoms with Crippen molar-refractivity contribution in [1.82, 2.24) is 14.9 Å². The summed E-state index contributed by atoms with van der Waals surface area (Å²) < 4.78 is 48.3. The third-order valence-corrected chi connectivity index (χ3v) is 8.03. The number of carbonyl (C=O) groups excluding carboxylic acids is 1. The van der Waals surface area contributed by atoms with Crippen molar-refractivity contribution < 1.29 is 22.7 Å². The Balaban J connectivity index is 1.63. The first-order valence-electron chi connectivity index (χ1n) is 14.1. The molecule has 0 radical (unpaired) electrons. The van der Waals surface area contributed by atoms with E-state index in [9.17, 15) is 18.0 Å². The Morgan fingerprint density at radius 3 is 2.39 bits per heavy atom. The molecular weight excluding hydrogens is 587 g/mol. The van der Waals surface area contributed by atoms with Crippen molar-refractivity contribution in [3.05, 3.63) is 101 Å². The van der Waals surface area contributed by atoms with Gasteiger partial charge in [-0.1, -0.05) is 32.9 Å². The Bertz CT molecular complexity index is 1710. The van der Waals surface area contributed by atoms with Gasteiger partial charge in [-0.2, -0.15) is 13.2 Å². The molecule has 1 saturated heterocycles. The minimum Gasteiger partial charge on any atom is -0.494 e. The number of aromatic nitrogens is 2. The van der Waals surface area contributed by atoms with Gasteiger partial charge >= 0.3 is 6.18 Å². The summed E-state index contributed by atoms with van der Waals surface area (Å²) >= 11 is 5.89. The zero-order chi connectivity index (χ0) is 32.0. The third-order valence-electron chi connectivity index (χ3n) is 7.71. The number of nitrogens with one attached hydrogen (secondary N) is 2. The molecule has 230 valence electrons. The molecule has 0 saturated carbocycles. The first-order chi connectivity index (χ1) is 20.7. The van der Waals surface area contributed by atoms with Crippen LogP contribution in [0, 0.1) is 19.3 Å². The zero-order valence-electron chi connectivity index (χ0n) is 25.3. The van der Waals surface area contributed by atoms with Gasteiger partial charge in [-0.25, -0.2) is 0 Å². The van der Waals surface area contributed by atoms with Crippen molar-refractivity contribution in [3.63, 3.8) is 0 Å². The van der Waals surface area contributed by atoms with E-state index in [0.29, 0.717) is 27.9 Å². The second-order valence-electron chi connectivity index (χ2n) is 11.8. The molecule has 44 heavy (non-hydrogen) atoms. The van der Waals surface area contributed by atoms with E-state index >= 15 is 0 Å². The number of halogens is 3. The van der Waals surface area contributed by atoms with E-state index in [4.69, 9.17) is 17.0 Å². The van der Waals surface area contributed by atoms with Crippen molar-refractivity contribution in [3.8, 4) is 11.4 Å². The van der Waals surface area contributed by atoms with Crippen molar-refractivity contribution >= 4 is 34.6 Å². The van der Waals surface area contributed by atoms with E-state index in [2.05, 4.69) is 15.6 Å². The number of carbonyl (C=O) groups is 1. The molecular formula is C33H34F3N5O2S. The number of alkyl halides is 3. The van der Waals surface area contributed by atoms with Crippen LogP contribution in [0.2, 0.25) is 0 Å². The molecule has 1 amide bonds. The molecule has 3 heterocycles. The molecule has 11 heteroatoms. The van der Waals surface area contributed by atoms with Gasteiger partial charge in [0.15, 0.2) is 5.11 Å². The van der Waals surface area contributed by atoms with Crippen LogP contribution in [0.5, 0.6) is 5.75 Å². The number of rotatable bonds is 6. The van der Waals surface area contributed by atoms with Crippen LogP contribution >= 0.6 is 12.2 Å². The van der Waals surface area contributed by atoms with E-state index < -0.39 is 23.2 Å². The summed E-state index contributed by atoms with van der Waals surface area (Å²) in [6, 6.07) is 17.6. The molecule has 0 aliphatic carbocycles. The van der Waals surface area contributed by atoms with Gasteiger partial charge in [0.05, 0.1) is 36.1 Å². The predicted octanol–water partition coefficient (Wildman–Crippen LogP) is 7.68. The van der Waals surface area contributed by atoms with Gasteiger partial charge in [-0.3, -0.25) is 9.78 Å². The van der Waals surface area contributed by atoms with Crippen molar-refractivity contribution in [2.24, 2.45) is 5.41 Å². The number of thiocarbonyl (C=S) groups is 1. The molecule has 2 aromatic heterocycles. The number of methoxy groups -OCH3 is 1. The fourth-order valence-electron chi connectivity index (χ4n) is 5.50. The number of benzene rings is 2. The lowest BCUT2D eigenvalue weighted by Crippen LogP contribution is -2.30. The van der Waals surface area contributed by atoms with E-state index in [0.717, 1.165) is 34.8 Å². The molecule has 1 aliphatic heterocycles. The number of hydrogen-bond donors (Lipinski definition) is 2. The van der Waals surface area contributed by atoms with Gasteiger partial charge in [0.1, 0.15) is 5.75 Å². The molecule has 4 aromatic rings. The molecule has 0 spiro atoms. The quantitative estimate of drug-likeness (QED) is 0.215. The maximum Gasteiger partial charge on any atom is 0.416 e. The molecule has 2 atom stereocenters. The number of aryl methyl sites for hydroxylation is 1. The summed E-state index contributed by atoms with van der Waals surface area (Å²) in [6.07, 6.45) is -2.75. The van der Waals surface area contributed by atoms with Gasteiger partial charge < -0.3 is 24.8 Å². The van der Waals surface area contributed by atoms with Crippen LogP contribution in [0.1, 0.15) is 61.1 Å². The summed E-state index contributed by atoms with van der Waals surface area (Å²) in [5, 5.41) is 6.81. The summed E-state index contributed by atoms with van der Waals surface area (Å²) in [5.41, 5.74) is 3.49. The Morgan fingerprint density at radius 2 is 1.75 bits per heavy atom. The maximum atomic E-state index is 13.6. The number of pyridine rings is 1. The number of nitrogens with zero attached hydrogens (tertiary/aromatic N) is 3. The highest BCUT2D eigenvalue weighted by Crippen LogP contribution is 2.45. The average molecular weight is 622 g/mol. The summed E-state index contributed by atoms with van der Waals surface area (Å²) in [6.45, 7) is 9.25. The smallest absolute Gasteiger partial charge is 0.416 e. The van der Waals surface area contributed by atoms with Crippen LogP contribution in [0.25, 0.3) is 5.69 Å². The number of amides is 1. The fraction of sp³-hybridized carbons (Fsp3) is 0.303. The van der Waals surface area contributed by atoms with Crippen LogP contribution in [-0.2, 0) is 11.0 Å². The largest absolute Gasteiger partial charge is 0.494 e. The SMILES string of the molecule is COc1cc(N2C(=S)NC(c3ccccn3)C2c2cc(C)n(-c3cccc(C(F)(F)F)c3)c2C)ccc1NC(=O)C(C)(C)C. The van der Waals surface area contributed by atoms with Crippen LogP contribution in [0.3, 0.4) is 0 Å². The summed E-state index contributed by atoms with van der Waals surface area (Å²) in [7, 11) is 1.53. The normalized spacial score (nSPS) is 17.0. The standard InChI is InChI=1S/C33H34F3N5O2S/c1-19-16-24(20(2)40(19)22-11-9-10-21(17-22)33(34,35)36)29-28(26-12-7-8-15-37-26)39-31(44)41(29)23-13-14-25(27(18-23)43-6)38-30(42)32(3,4)5/h7-18,28-29H,1-6H3,(H,38,42)(H,39,44). The lowest BCUT2D eigenvalue weighted by molar-refractivity contribution is -0.137. The minimum absolute atomic E-state index is 0.156. The monoisotopic (exact) mass is 621 g/mol. The van der Waals surface area contributed by atoms with Crippen molar-refractivity contribution in [2.45, 2.75) is 52.9 Å². The van der Waals surface area contributed by atoms with E-state index in [1.807, 2.05) is 80.5 Å². The topological polar surface area (TPSA) is 71.4 Å². The molecule has 5 rings (SSSR count). The first kappa shape index (κ1) is 31.1. The van der Waals surface area contributed by atoms with Gasteiger partial charge in [-0.05, 0) is 80.2 Å². The Labute approximate surface area is 260 Å². The second kappa shape index (κ2) is 11.6. The fourth-order valence-corrected chi connectivity index (χ4v) is 5.84. The van der Waals surface area contributed by atoms with Crippen molar-refractivity contribution in [2.75, 3.05) is 17.3 Å². The Hall–Kier alpha value is -4.38. The van der Waals surface area contributed by atoms with Gasteiger partial charge in [0.2, 0.25) is 5.91 Å². The average Bonchev–Trinajstić information content (AvgIpc) is 3.47. The zero-order valence-corrected chi connectivity index (χ0v) is 26.1.